The zero-order valence-corrected chi connectivity index (χ0v) is 23.7. The van der Waals surface area contributed by atoms with E-state index in [0.29, 0.717) is 23.1 Å². The van der Waals surface area contributed by atoms with E-state index < -0.39 is 54.6 Å². The zero-order valence-electron chi connectivity index (χ0n) is 23.7. The molecular weight excluding hydrogens is 540 g/mol. The van der Waals surface area contributed by atoms with Gasteiger partial charge in [0.05, 0.1) is 0 Å². The monoisotopic (exact) mass is 574 g/mol. The van der Waals surface area contributed by atoms with Crippen LogP contribution in [0.1, 0.15) is 63.6 Å². The van der Waals surface area contributed by atoms with Crippen molar-refractivity contribution in [1.82, 2.24) is 0 Å². The van der Waals surface area contributed by atoms with E-state index in [0.717, 1.165) is 57.4 Å². The van der Waals surface area contributed by atoms with Crippen molar-refractivity contribution in [3.05, 3.63) is 39.2 Å². The summed E-state index contributed by atoms with van der Waals surface area (Å²) in [6.07, 6.45) is -2.27. The minimum Gasteiger partial charge on any atom is -0.463 e. The van der Waals surface area contributed by atoms with Crippen LogP contribution in [0.5, 0.6) is 5.75 Å². The maximum Gasteiger partial charge on any atom is 0.339 e. The summed E-state index contributed by atoms with van der Waals surface area (Å²) in [4.78, 5) is 60.6. The van der Waals surface area contributed by atoms with Gasteiger partial charge in [0.2, 0.25) is 12.4 Å². The van der Waals surface area contributed by atoms with E-state index >= 15 is 0 Å². The number of hydrogen-bond acceptors (Lipinski definition) is 12. The number of carbonyl (C=O) groups excluding carboxylic acids is 4. The van der Waals surface area contributed by atoms with Crippen molar-refractivity contribution in [2.24, 2.45) is 0 Å². The van der Waals surface area contributed by atoms with Crippen molar-refractivity contribution in [2.75, 3.05) is 6.61 Å². The van der Waals surface area contributed by atoms with E-state index in [2.05, 4.69) is 0 Å². The molecule has 1 aromatic carbocycles. The first-order valence-electron chi connectivity index (χ1n) is 13.5. The fourth-order valence-electron chi connectivity index (χ4n) is 5.34. The fraction of sp³-hybridized carbons (Fsp3) is 0.552. The van der Waals surface area contributed by atoms with Gasteiger partial charge >= 0.3 is 29.5 Å². The van der Waals surface area contributed by atoms with Gasteiger partial charge in [-0.25, -0.2) is 4.79 Å². The molecule has 0 radical (unpaired) electrons. The lowest BCUT2D eigenvalue weighted by Crippen LogP contribution is -2.63. The van der Waals surface area contributed by atoms with E-state index in [1.807, 2.05) is 0 Å². The van der Waals surface area contributed by atoms with Gasteiger partial charge in [0, 0.05) is 44.2 Å². The molecule has 0 bridgehead atoms. The van der Waals surface area contributed by atoms with Gasteiger partial charge in [-0.1, -0.05) is 6.42 Å². The Kier molecular flexibility index (Phi) is 9.31. The Labute approximate surface area is 236 Å². The molecular formula is C29H34O12. The summed E-state index contributed by atoms with van der Waals surface area (Å²) in [5.41, 5.74) is 2.14. The molecule has 2 heterocycles. The molecule has 12 heteroatoms. The van der Waals surface area contributed by atoms with Crippen LogP contribution in [0.4, 0.5) is 0 Å². The number of carbonyl (C=O) groups is 4. The molecule has 41 heavy (non-hydrogen) atoms. The van der Waals surface area contributed by atoms with E-state index in [-0.39, 0.29) is 18.0 Å². The molecule has 0 N–H and O–H groups in total. The van der Waals surface area contributed by atoms with Gasteiger partial charge in [0.1, 0.15) is 24.0 Å². The Balaban J connectivity index is 1.76. The van der Waals surface area contributed by atoms with Gasteiger partial charge in [-0.2, -0.15) is 0 Å². The van der Waals surface area contributed by atoms with Crippen LogP contribution in [0.25, 0.3) is 11.0 Å². The summed E-state index contributed by atoms with van der Waals surface area (Å²) in [5, 5.41) is 0.813. The molecule has 1 aliphatic carbocycles. The molecule has 0 saturated carbocycles. The molecule has 2 aromatic rings. The Hall–Kier alpha value is -3.93. The standard InChI is InChI=1S/C29H34O12/c1-14-22(12-11-20-19-9-7-6-8-10-21(19)28(34)41-24(14)20)39-29-27(38-18(5)33)26(37-17(4)32)25(36-16(3)31)23(40-29)13-35-15(2)30/h11-12,23,25-27,29H,6-10,13H2,1-5H3/t23-,25-,26+,27-,29+/m1/s1. The number of aryl methyl sites for hydroxylation is 2. The largest absolute Gasteiger partial charge is 0.463 e. The van der Waals surface area contributed by atoms with Crippen molar-refractivity contribution < 1.29 is 52.0 Å². The Morgan fingerprint density at radius 3 is 2.05 bits per heavy atom. The number of esters is 4. The first-order valence-corrected chi connectivity index (χ1v) is 13.5. The number of hydrogen-bond donors (Lipinski definition) is 0. The van der Waals surface area contributed by atoms with Gasteiger partial charge in [0.25, 0.3) is 0 Å². The second kappa shape index (κ2) is 12.7. The lowest BCUT2D eigenvalue weighted by atomic mass is 9.97. The summed E-state index contributed by atoms with van der Waals surface area (Å²) in [5.74, 6) is -2.61. The molecule has 1 saturated heterocycles. The van der Waals surface area contributed by atoms with Gasteiger partial charge in [0.15, 0.2) is 12.2 Å². The van der Waals surface area contributed by atoms with Gasteiger partial charge in [-0.3, -0.25) is 19.2 Å². The lowest BCUT2D eigenvalue weighted by molar-refractivity contribution is -0.288. The third kappa shape index (κ3) is 6.87. The Bertz CT molecular complexity index is 1390. The minimum atomic E-state index is -1.40. The molecule has 5 atom stereocenters. The average Bonchev–Trinajstić information content (AvgIpc) is 3.14. The number of rotatable bonds is 7. The highest BCUT2D eigenvalue weighted by atomic mass is 16.7. The van der Waals surface area contributed by atoms with Crippen LogP contribution in [-0.2, 0) is 55.7 Å². The molecule has 4 rings (SSSR count). The van der Waals surface area contributed by atoms with Crippen LogP contribution < -0.4 is 10.4 Å². The second-order valence-corrected chi connectivity index (χ2v) is 10.2. The van der Waals surface area contributed by atoms with Crippen molar-refractivity contribution in [3.63, 3.8) is 0 Å². The fourth-order valence-corrected chi connectivity index (χ4v) is 5.34. The van der Waals surface area contributed by atoms with Crippen LogP contribution >= 0.6 is 0 Å². The maximum absolute atomic E-state index is 12.9. The van der Waals surface area contributed by atoms with E-state index in [1.165, 1.54) is 6.92 Å². The lowest BCUT2D eigenvalue weighted by Gasteiger charge is -2.44. The second-order valence-electron chi connectivity index (χ2n) is 10.2. The molecule has 222 valence electrons. The van der Waals surface area contributed by atoms with Crippen LogP contribution in [0.2, 0.25) is 0 Å². The number of benzene rings is 1. The Morgan fingerprint density at radius 1 is 0.805 bits per heavy atom. The predicted molar refractivity (Wildman–Crippen MR) is 141 cm³/mol. The van der Waals surface area contributed by atoms with Gasteiger partial charge in [-0.05, 0) is 50.3 Å². The molecule has 1 aliphatic heterocycles. The van der Waals surface area contributed by atoms with Crippen LogP contribution in [-0.4, -0.2) is 61.2 Å². The molecule has 0 unspecified atom stereocenters. The molecule has 1 fully saturated rings. The molecule has 1 aromatic heterocycles. The molecule has 0 amide bonds. The van der Waals surface area contributed by atoms with Gasteiger partial charge in [-0.15, -0.1) is 0 Å². The summed E-state index contributed by atoms with van der Waals surface area (Å²) in [6.45, 7) is 5.96. The summed E-state index contributed by atoms with van der Waals surface area (Å²) < 4.78 is 39.4. The summed E-state index contributed by atoms with van der Waals surface area (Å²) in [7, 11) is 0. The molecule has 2 aliphatic rings. The SMILES string of the molecule is CC(=O)OC[C@H]1O[C@H](Oc2ccc3c4c(c(=O)oc3c2C)CCCCC4)[C@H](OC(C)=O)[C@@H](OC(C)=O)[C@@H]1OC(C)=O. The predicted octanol–water partition coefficient (Wildman–Crippen LogP) is 2.83. The van der Waals surface area contributed by atoms with Crippen molar-refractivity contribution in [2.45, 2.75) is 97.4 Å². The Morgan fingerprint density at radius 2 is 1.41 bits per heavy atom. The van der Waals surface area contributed by atoms with Gasteiger partial charge < -0.3 is 32.8 Å². The quantitative estimate of drug-likeness (QED) is 0.207. The highest BCUT2D eigenvalue weighted by Gasteiger charge is 2.53. The van der Waals surface area contributed by atoms with Crippen LogP contribution in [0.15, 0.2) is 21.3 Å². The van der Waals surface area contributed by atoms with E-state index in [1.54, 1.807) is 19.1 Å². The summed E-state index contributed by atoms with van der Waals surface area (Å²) >= 11 is 0. The van der Waals surface area contributed by atoms with Crippen molar-refractivity contribution in [3.8, 4) is 5.75 Å². The summed E-state index contributed by atoms with van der Waals surface area (Å²) in [6, 6.07) is 3.49. The zero-order chi connectivity index (χ0) is 29.8. The maximum atomic E-state index is 12.9. The smallest absolute Gasteiger partial charge is 0.339 e. The van der Waals surface area contributed by atoms with E-state index in [4.69, 9.17) is 32.8 Å². The van der Waals surface area contributed by atoms with Crippen molar-refractivity contribution >= 4 is 34.8 Å². The van der Waals surface area contributed by atoms with Crippen LogP contribution in [0, 0.1) is 6.92 Å². The number of ether oxygens (including phenoxy) is 6. The highest BCUT2D eigenvalue weighted by molar-refractivity contribution is 5.86. The normalized spacial score (nSPS) is 24.0. The number of fused-ring (bicyclic) bond motifs is 3. The first kappa shape index (κ1) is 30.0. The first-order chi connectivity index (χ1) is 19.5. The van der Waals surface area contributed by atoms with Crippen LogP contribution in [0.3, 0.4) is 0 Å². The highest BCUT2D eigenvalue weighted by Crippen LogP contribution is 2.35. The third-order valence-corrected chi connectivity index (χ3v) is 7.03. The molecule has 12 nitrogen and oxygen atoms in total. The van der Waals surface area contributed by atoms with Crippen molar-refractivity contribution in [1.29, 1.82) is 0 Å². The average molecular weight is 575 g/mol. The minimum absolute atomic E-state index is 0.245. The molecule has 0 spiro atoms. The third-order valence-electron chi connectivity index (χ3n) is 7.03. The van der Waals surface area contributed by atoms with E-state index in [9.17, 15) is 24.0 Å². The topological polar surface area (TPSA) is 154 Å².